The largest absolute Gasteiger partial charge is 0.505 e. The number of aliphatic hydroxyl groups excluding tert-OH is 1. The second kappa shape index (κ2) is 9.81. The van der Waals surface area contributed by atoms with Gasteiger partial charge in [0.15, 0.2) is 11.6 Å². The van der Waals surface area contributed by atoms with Gasteiger partial charge in [-0.1, -0.05) is 6.42 Å². The molecule has 170 valence electrons. The smallest absolute Gasteiger partial charge is 0.268 e. The van der Waals surface area contributed by atoms with Gasteiger partial charge >= 0.3 is 0 Å². The quantitative estimate of drug-likeness (QED) is 0.373. The summed E-state index contributed by atoms with van der Waals surface area (Å²) in [5.74, 6) is -1.41. The Bertz CT molecular complexity index is 1090. The van der Waals surface area contributed by atoms with Crippen LogP contribution in [0.4, 0.5) is 4.39 Å². The number of phenolic OH excluding ortho intramolecular Hbond substituents is 1. The Morgan fingerprint density at radius 2 is 2.19 bits per heavy atom. The summed E-state index contributed by atoms with van der Waals surface area (Å²) in [6.07, 6.45) is 3.66. The molecule has 0 saturated carbocycles. The van der Waals surface area contributed by atoms with E-state index in [-0.39, 0.29) is 24.6 Å². The number of H-pyrrole nitrogens is 1. The van der Waals surface area contributed by atoms with Gasteiger partial charge in [-0.15, -0.1) is 11.3 Å². The van der Waals surface area contributed by atoms with Gasteiger partial charge in [0.2, 0.25) is 0 Å². The first-order valence-electron chi connectivity index (χ1n) is 10.8. The van der Waals surface area contributed by atoms with Crippen molar-refractivity contribution in [1.82, 2.24) is 20.6 Å². The number of amides is 1. The molecule has 1 amide bonds. The molecule has 2 unspecified atom stereocenters. The van der Waals surface area contributed by atoms with Crippen LogP contribution in [0, 0.1) is 12.7 Å². The molecule has 7 nitrogen and oxygen atoms in total. The van der Waals surface area contributed by atoms with E-state index in [0.717, 1.165) is 41.4 Å². The number of hydrogen-bond acceptors (Lipinski definition) is 6. The second-order valence-electron chi connectivity index (χ2n) is 7.99. The number of halogens is 1. The predicted molar refractivity (Wildman–Crippen MR) is 121 cm³/mol. The van der Waals surface area contributed by atoms with Crippen molar-refractivity contribution < 1.29 is 19.4 Å². The number of phenols is 1. The summed E-state index contributed by atoms with van der Waals surface area (Å²) >= 11 is 1.53. The molecule has 3 heterocycles. The third kappa shape index (κ3) is 4.85. The topological polar surface area (TPSA) is 110 Å². The first-order chi connectivity index (χ1) is 15.5. The van der Waals surface area contributed by atoms with Gasteiger partial charge in [-0.25, -0.2) is 9.37 Å². The molecule has 2 atom stereocenters. The third-order valence-corrected chi connectivity index (χ3v) is 7.04. The van der Waals surface area contributed by atoms with Crippen molar-refractivity contribution in [2.24, 2.45) is 0 Å². The normalized spacial score (nSPS) is 17.3. The molecule has 0 radical (unpaired) electrons. The summed E-state index contributed by atoms with van der Waals surface area (Å²) in [5.41, 5.74) is 2.36. The molecule has 4 rings (SSSR count). The summed E-state index contributed by atoms with van der Waals surface area (Å²) in [7, 11) is 0. The van der Waals surface area contributed by atoms with Crippen LogP contribution in [0.3, 0.4) is 0 Å². The van der Waals surface area contributed by atoms with Crippen molar-refractivity contribution in [3.05, 3.63) is 57.4 Å². The van der Waals surface area contributed by atoms with Crippen molar-refractivity contribution in [3.8, 4) is 17.0 Å². The van der Waals surface area contributed by atoms with E-state index < -0.39 is 11.6 Å². The van der Waals surface area contributed by atoms with E-state index in [4.69, 9.17) is 4.98 Å². The van der Waals surface area contributed by atoms with Gasteiger partial charge in [0.1, 0.15) is 10.7 Å². The lowest BCUT2D eigenvalue weighted by Crippen LogP contribution is -2.46. The molecule has 2 aromatic heterocycles. The summed E-state index contributed by atoms with van der Waals surface area (Å²) in [4.78, 5) is 21.9. The zero-order valence-corrected chi connectivity index (χ0v) is 18.6. The van der Waals surface area contributed by atoms with Crippen LogP contribution in [0.5, 0.6) is 5.75 Å². The highest BCUT2D eigenvalue weighted by atomic mass is 32.1. The first-order valence-corrected chi connectivity index (χ1v) is 11.6. The minimum Gasteiger partial charge on any atom is -0.505 e. The molecule has 1 aliphatic heterocycles. The number of carbonyl (C=O) groups is 1. The van der Waals surface area contributed by atoms with Crippen molar-refractivity contribution in [2.75, 3.05) is 13.2 Å². The number of nitrogens with one attached hydrogen (secondary N) is 3. The lowest BCUT2D eigenvalue weighted by Gasteiger charge is -2.30. The van der Waals surface area contributed by atoms with Gasteiger partial charge in [-0.2, -0.15) is 0 Å². The summed E-state index contributed by atoms with van der Waals surface area (Å²) in [5, 5.41) is 26.2. The number of hydrogen-bond donors (Lipinski definition) is 5. The van der Waals surface area contributed by atoms with Crippen LogP contribution in [0.15, 0.2) is 30.3 Å². The monoisotopic (exact) mass is 458 g/mol. The summed E-state index contributed by atoms with van der Waals surface area (Å²) < 4.78 is 13.7. The Balaban J connectivity index is 1.56. The van der Waals surface area contributed by atoms with E-state index >= 15 is 0 Å². The van der Waals surface area contributed by atoms with Crippen LogP contribution < -0.4 is 10.6 Å². The van der Waals surface area contributed by atoms with E-state index in [9.17, 15) is 19.4 Å². The van der Waals surface area contributed by atoms with Crippen molar-refractivity contribution in [2.45, 2.75) is 44.7 Å². The van der Waals surface area contributed by atoms with Crippen LogP contribution in [-0.4, -0.2) is 45.3 Å². The van der Waals surface area contributed by atoms with E-state index in [1.165, 1.54) is 23.5 Å². The Morgan fingerprint density at radius 1 is 1.34 bits per heavy atom. The molecule has 1 saturated heterocycles. The number of aromatic hydroxyl groups is 1. The second-order valence-corrected chi connectivity index (χ2v) is 9.11. The van der Waals surface area contributed by atoms with Crippen LogP contribution in [0.25, 0.3) is 11.3 Å². The van der Waals surface area contributed by atoms with Crippen molar-refractivity contribution >= 4 is 17.2 Å². The highest BCUT2D eigenvalue weighted by Gasteiger charge is 2.30. The SMILES string of the molecule is Cc1nc(C(NC(=O)c2ccc(-c3ccc(O)c(F)c3)[nH]2)C2CCCCN2)sc1CCO. The van der Waals surface area contributed by atoms with E-state index in [1.807, 2.05) is 6.92 Å². The van der Waals surface area contributed by atoms with Gasteiger partial charge in [0.05, 0.1) is 11.7 Å². The van der Waals surface area contributed by atoms with Crippen molar-refractivity contribution in [1.29, 1.82) is 0 Å². The predicted octanol–water partition coefficient (Wildman–Crippen LogP) is 3.44. The summed E-state index contributed by atoms with van der Waals surface area (Å²) in [6, 6.07) is 7.23. The maximum Gasteiger partial charge on any atom is 0.268 e. The van der Waals surface area contributed by atoms with Gasteiger partial charge < -0.3 is 25.8 Å². The molecule has 1 fully saturated rings. The number of piperidine rings is 1. The fraction of sp³-hybridized carbons (Fsp3) is 0.391. The number of carbonyl (C=O) groups excluding carboxylic acids is 1. The number of rotatable bonds is 7. The highest BCUT2D eigenvalue weighted by Crippen LogP contribution is 2.30. The van der Waals surface area contributed by atoms with Crippen LogP contribution in [0.2, 0.25) is 0 Å². The number of thiazole rings is 1. The van der Waals surface area contributed by atoms with Crippen molar-refractivity contribution in [3.63, 3.8) is 0 Å². The lowest BCUT2D eigenvalue weighted by molar-refractivity contribution is 0.0918. The molecule has 0 spiro atoms. The molecular weight excluding hydrogens is 431 g/mol. The van der Waals surface area contributed by atoms with Gasteiger partial charge in [-0.05, 0) is 56.6 Å². The Morgan fingerprint density at radius 3 is 2.91 bits per heavy atom. The van der Waals surface area contributed by atoms with Crippen LogP contribution in [0.1, 0.15) is 51.4 Å². The number of aliphatic hydroxyl groups is 1. The fourth-order valence-electron chi connectivity index (χ4n) is 4.00. The molecule has 1 aliphatic rings. The minimum absolute atomic E-state index is 0.0598. The number of nitrogens with zero attached hydrogens (tertiary/aromatic N) is 1. The molecule has 5 N–H and O–H groups in total. The van der Waals surface area contributed by atoms with E-state index in [1.54, 1.807) is 18.2 Å². The van der Waals surface area contributed by atoms with Gasteiger partial charge in [0.25, 0.3) is 5.91 Å². The fourth-order valence-corrected chi connectivity index (χ4v) is 5.18. The molecule has 0 bridgehead atoms. The van der Waals surface area contributed by atoms with Gasteiger partial charge in [0, 0.05) is 35.2 Å². The van der Waals surface area contributed by atoms with E-state index in [2.05, 4.69) is 15.6 Å². The Hall–Kier alpha value is -2.75. The lowest BCUT2D eigenvalue weighted by atomic mass is 9.98. The zero-order chi connectivity index (χ0) is 22.7. The molecule has 32 heavy (non-hydrogen) atoms. The Kier molecular flexibility index (Phi) is 6.88. The average Bonchev–Trinajstić information content (AvgIpc) is 3.42. The number of aromatic nitrogens is 2. The molecule has 9 heteroatoms. The van der Waals surface area contributed by atoms with E-state index in [0.29, 0.717) is 23.4 Å². The number of benzene rings is 1. The molecule has 0 aliphatic carbocycles. The standard InChI is InChI=1S/C23H27FN4O3S/c1-13-20(9-11-29)32-23(26-13)21(17-4-2-3-10-25-17)28-22(31)18-7-6-16(27-18)14-5-8-19(30)15(24)12-14/h5-8,12,17,21,25,27,29-30H,2-4,9-11H2,1H3,(H,28,31). The maximum atomic E-state index is 13.7. The zero-order valence-electron chi connectivity index (χ0n) is 17.8. The van der Waals surface area contributed by atoms with Crippen LogP contribution >= 0.6 is 11.3 Å². The number of aryl methyl sites for hydroxylation is 1. The minimum atomic E-state index is -0.718. The average molecular weight is 459 g/mol. The third-order valence-electron chi connectivity index (χ3n) is 5.74. The first kappa shape index (κ1) is 22.4. The molecule has 1 aromatic carbocycles. The number of aromatic amines is 1. The maximum absolute atomic E-state index is 13.7. The molecule has 3 aromatic rings. The van der Waals surface area contributed by atoms with Crippen LogP contribution in [-0.2, 0) is 6.42 Å². The highest BCUT2D eigenvalue weighted by molar-refractivity contribution is 7.11. The summed E-state index contributed by atoms with van der Waals surface area (Å²) in [6.45, 7) is 2.88. The Labute approximate surface area is 189 Å². The molecular formula is C23H27FN4O3S. The van der Waals surface area contributed by atoms with Gasteiger partial charge in [-0.3, -0.25) is 4.79 Å².